The number of rotatable bonds is 3. The molecule has 7 nitrogen and oxygen atoms in total. The predicted octanol–water partition coefficient (Wildman–Crippen LogP) is 1.89. The summed E-state index contributed by atoms with van der Waals surface area (Å²) in [6.07, 6.45) is 0. The van der Waals surface area contributed by atoms with Crippen molar-refractivity contribution in [2.75, 3.05) is 0 Å². The van der Waals surface area contributed by atoms with Crippen LogP contribution in [0.25, 0.3) is 22.0 Å². The van der Waals surface area contributed by atoms with Crippen molar-refractivity contribution >= 4 is 27.9 Å². The number of amides is 1. The van der Waals surface area contributed by atoms with Crippen molar-refractivity contribution in [2.24, 2.45) is 0 Å². The van der Waals surface area contributed by atoms with Crippen LogP contribution >= 0.6 is 0 Å². The van der Waals surface area contributed by atoms with Gasteiger partial charge in [-0.3, -0.25) is 4.79 Å². The fourth-order valence-electron chi connectivity index (χ4n) is 2.69. The van der Waals surface area contributed by atoms with E-state index in [1.807, 2.05) is 0 Å². The number of aromatic amines is 2. The number of carbonyl (C=O) groups is 1. The summed E-state index contributed by atoms with van der Waals surface area (Å²) in [6, 6.07) is 13.8. The Morgan fingerprint density at radius 3 is 2.68 bits per heavy atom. The average molecular weight is 335 g/mol. The van der Waals surface area contributed by atoms with Crippen LogP contribution < -0.4 is 16.6 Å². The summed E-state index contributed by atoms with van der Waals surface area (Å²) in [4.78, 5) is 40.9. The molecule has 1 amide bonds. The largest absolute Gasteiger partial charge is 0.422 e. The quantitative estimate of drug-likeness (QED) is 0.497. The number of imidazole rings is 1. The van der Waals surface area contributed by atoms with Gasteiger partial charge in [0.2, 0.25) is 0 Å². The SMILES string of the molecule is O=C(NCc1ccc2[nH]c(=O)[nH]c2c1)c1cc2ccccc2oc1=O. The summed E-state index contributed by atoms with van der Waals surface area (Å²) >= 11 is 0. The summed E-state index contributed by atoms with van der Waals surface area (Å²) in [5, 5.41) is 3.37. The molecule has 0 spiro atoms. The first-order chi connectivity index (χ1) is 12.1. The van der Waals surface area contributed by atoms with Crippen LogP contribution in [0.15, 0.2) is 62.5 Å². The fraction of sp³-hybridized carbons (Fsp3) is 0.0556. The Morgan fingerprint density at radius 1 is 1.00 bits per heavy atom. The second kappa shape index (κ2) is 5.79. The third kappa shape index (κ3) is 2.83. The maximum absolute atomic E-state index is 12.3. The maximum Gasteiger partial charge on any atom is 0.349 e. The number of H-pyrrole nitrogens is 2. The normalized spacial score (nSPS) is 11.0. The van der Waals surface area contributed by atoms with Crippen molar-refractivity contribution in [2.45, 2.75) is 6.54 Å². The fourth-order valence-corrected chi connectivity index (χ4v) is 2.69. The maximum atomic E-state index is 12.3. The van der Waals surface area contributed by atoms with Gasteiger partial charge in [-0.15, -0.1) is 0 Å². The Morgan fingerprint density at radius 2 is 1.80 bits per heavy atom. The van der Waals surface area contributed by atoms with Gasteiger partial charge in [-0.05, 0) is 29.8 Å². The minimum Gasteiger partial charge on any atom is -0.422 e. The molecule has 0 saturated carbocycles. The highest BCUT2D eigenvalue weighted by Crippen LogP contribution is 2.13. The number of para-hydroxylation sites is 1. The number of hydrogen-bond acceptors (Lipinski definition) is 4. The van der Waals surface area contributed by atoms with E-state index in [4.69, 9.17) is 4.42 Å². The van der Waals surface area contributed by atoms with E-state index < -0.39 is 11.5 Å². The Kier molecular flexibility index (Phi) is 3.46. The van der Waals surface area contributed by atoms with Crippen LogP contribution in [-0.2, 0) is 6.54 Å². The van der Waals surface area contributed by atoms with E-state index in [0.29, 0.717) is 22.0 Å². The van der Waals surface area contributed by atoms with Gasteiger partial charge in [0.1, 0.15) is 11.1 Å². The number of hydrogen-bond donors (Lipinski definition) is 3. The van der Waals surface area contributed by atoms with Crippen molar-refractivity contribution in [1.29, 1.82) is 0 Å². The van der Waals surface area contributed by atoms with Crippen LogP contribution in [0.1, 0.15) is 15.9 Å². The first-order valence-electron chi connectivity index (χ1n) is 7.62. The molecule has 7 heteroatoms. The molecule has 124 valence electrons. The molecule has 0 radical (unpaired) electrons. The topological polar surface area (TPSA) is 108 Å². The van der Waals surface area contributed by atoms with E-state index >= 15 is 0 Å². The second-order valence-electron chi connectivity index (χ2n) is 5.63. The first-order valence-corrected chi connectivity index (χ1v) is 7.62. The summed E-state index contributed by atoms with van der Waals surface area (Å²) in [5.41, 5.74) is 1.56. The molecule has 4 aromatic rings. The van der Waals surface area contributed by atoms with Crippen LogP contribution in [0.3, 0.4) is 0 Å². The molecular formula is C18H13N3O4. The zero-order valence-electron chi connectivity index (χ0n) is 13.0. The Balaban J connectivity index is 1.57. The van der Waals surface area contributed by atoms with Crippen molar-refractivity contribution < 1.29 is 9.21 Å². The molecule has 3 N–H and O–H groups in total. The Labute approximate surface area is 140 Å². The van der Waals surface area contributed by atoms with Crippen LogP contribution in [-0.4, -0.2) is 15.9 Å². The smallest absolute Gasteiger partial charge is 0.349 e. The number of aromatic nitrogens is 2. The van der Waals surface area contributed by atoms with Gasteiger partial charge in [0.15, 0.2) is 0 Å². The molecule has 0 fully saturated rings. The average Bonchev–Trinajstić information content (AvgIpc) is 2.98. The van der Waals surface area contributed by atoms with Gasteiger partial charge in [-0.1, -0.05) is 24.3 Å². The lowest BCUT2D eigenvalue weighted by Crippen LogP contribution is -2.27. The van der Waals surface area contributed by atoms with Gasteiger partial charge in [-0.25, -0.2) is 9.59 Å². The van der Waals surface area contributed by atoms with Gasteiger partial charge < -0.3 is 19.7 Å². The monoisotopic (exact) mass is 335 g/mol. The molecule has 0 unspecified atom stereocenters. The highest BCUT2D eigenvalue weighted by molar-refractivity contribution is 5.96. The Hall–Kier alpha value is -3.61. The summed E-state index contributed by atoms with van der Waals surface area (Å²) in [7, 11) is 0. The van der Waals surface area contributed by atoms with E-state index in [2.05, 4.69) is 15.3 Å². The van der Waals surface area contributed by atoms with Gasteiger partial charge in [0.25, 0.3) is 5.91 Å². The van der Waals surface area contributed by atoms with Crippen molar-refractivity contribution in [3.05, 3.63) is 80.6 Å². The Bertz CT molecular complexity index is 1220. The summed E-state index contributed by atoms with van der Waals surface area (Å²) in [5.74, 6) is -0.512. The molecule has 0 saturated heterocycles. The lowest BCUT2D eigenvalue weighted by Gasteiger charge is -2.05. The first kappa shape index (κ1) is 14.9. The van der Waals surface area contributed by atoms with Crippen LogP contribution in [0.4, 0.5) is 0 Å². The van der Waals surface area contributed by atoms with E-state index in [9.17, 15) is 14.4 Å². The zero-order valence-corrected chi connectivity index (χ0v) is 13.0. The standard InChI is InChI=1S/C18H13N3O4/c22-16(12-8-11-3-1-2-4-15(11)25-17(12)23)19-9-10-5-6-13-14(7-10)21-18(24)20-13/h1-8H,9H2,(H,19,22)(H2,20,21,24). The minimum atomic E-state index is -0.679. The zero-order chi connectivity index (χ0) is 17.4. The number of carbonyl (C=O) groups excluding carboxylic acids is 1. The van der Waals surface area contributed by atoms with Gasteiger partial charge in [0.05, 0.1) is 11.0 Å². The summed E-state index contributed by atoms with van der Waals surface area (Å²) < 4.78 is 5.17. The highest BCUT2D eigenvalue weighted by atomic mass is 16.4. The molecule has 0 aliphatic rings. The molecule has 2 heterocycles. The molecular weight excluding hydrogens is 322 g/mol. The van der Waals surface area contributed by atoms with Crippen molar-refractivity contribution in [3.8, 4) is 0 Å². The molecule has 2 aromatic heterocycles. The molecule has 2 aromatic carbocycles. The molecule has 0 atom stereocenters. The van der Waals surface area contributed by atoms with Gasteiger partial charge >= 0.3 is 11.3 Å². The van der Waals surface area contributed by atoms with E-state index in [0.717, 1.165) is 5.56 Å². The van der Waals surface area contributed by atoms with E-state index in [1.54, 1.807) is 42.5 Å². The predicted molar refractivity (Wildman–Crippen MR) is 92.6 cm³/mol. The number of nitrogens with one attached hydrogen (secondary N) is 3. The lowest BCUT2D eigenvalue weighted by atomic mass is 10.1. The van der Waals surface area contributed by atoms with Crippen molar-refractivity contribution in [3.63, 3.8) is 0 Å². The van der Waals surface area contributed by atoms with Crippen LogP contribution in [0.2, 0.25) is 0 Å². The lowest BCUT2D eigenvalue weighted by molar-refractivity contribution is 0.0947. The van der Waals surface area contributed by atoms with E-state index in [-0.39, 0.29) is 17.8 Å². The van der Waals surface area contributed by atoms with Gasteiger partial charge in [0, 0.05) is 11.9 Å². The molecule has 0 bridgehead atoms. The van der Waals surface area contributed by atoms with Crippen molar-refractivity contribution in [1.82, 2.24) is 15.3 Å². The molecule has 0 aliphatic carbocycles. The highest BCUT2D eigenvalue weighted by Gasteiger charge is 2.13. The minimum absolute atomic E-state index is 0.0465. The second-order valence-corrected chi connectivity index (χ2v) is 5.63. The molecule has 25 heavy (non-hydrogen) atoms. The van der Waals surface area contributed by atoms with Crippen LogP contribution in [0, 0.1) is 0 Å². The third-order valence-corrected chi connectivity index (χ3v) is 3.92. The van der Waals surface area contributed by atoms with E-state index in [1.165, 1.54) is 6.07 Å². The van der Waals surface area contributed by atoms with Gasteiger partial charge in [-0.2, -0.15) is 0 Å². The summed E-state index contributed by atoms with van der Waals surface area (Å²) in [6.45, 7) is 0.217. The molecule has 0 aliphatic heterocycles. The van der Waals surface area contributed by atoms with Crippen LogP contribution in [0.5, 0.6) is 0 Å². The molecule has 4 rings (SSSR count). The number of fused-ring (bicyclic) bond motifs is 2. The number of benzene rings is 2. The third-order valence-electron chi connectivity index (χ3n) is 3.92.